The standard InChI is InChI=1S/C31H27F2N5O5/c32-21-2-4-23(25(33)11-21)18-1-3-24-20(9-18)15-37(30(24)41)16-28(39)38-17-31(42-7-8-43-31)12-27(38)29(40)35-14-22-10-19-13-34-6-5-26(19)36-22/h1-6,9-11,13,27,36H,7-8,12,14-17H2,(H,35,40)/t27-/m0/s1. The monoisotopic (exact) mass is 587 g/mol. The molecule has 0 unspecified atom stereocenters. The van der Waals surface area contributed by atoms with Gasteiger partial charge in [0.2, 0.25) is 11.8 Å². The number of likely N-dealkylation sites (tertiary alicyclic amines) is 1. The van der Waals surface area contributed by atoms with Gasteiger partial charge in [-0.05, 0) is 47.5 Å². The van der Waals surface area contributed by atoms with Crippen molar-refractivity contribution < 1.29 is 32.6 Å². The van der Waals surface area contributed by atoms with Crippen LogP contribution >= 0.6 is 0 Å². The van der Waals surface area contributed by atoms with E-state index in [9.17, 15) is 23.2 Å². The number of nitrogens with one attached hydrogen (secondary N) is 2. The van der Waals surface area contributed by atoms with Gasteiger partial charge in [0, 0.05) is 59.1 Å². The zero-order chi connectivity index (χ0) is 29.7. The lowest BCUT2D eigenvalue weighted by Gasteiger charge is -2.26. The Morgan fingerprint density at radius 1 is 1.07 bits per heavy atom. The fourth-order valence-electron chi connectivity index (χ4n) is 6.12. The number of carbonyl (C=O) groups excluding carboxylic acids is 3. The summed E-state index contributed by atoms with van der Waals surface area (Å²) in [6.45, 7) is 0.868. The van der Waals surface area contributed by atoms with Crippen molar-refractivity contribution in [3.8, 4) is 11.1 Å². The van der Waals surface area contributed by atoms with Crippen LogP contribution < -0.4 is 5.32 Å². The van der Waals surface area contributed by atoms with Crippen molar-refractivity contribution in [2.24, 2.45) is 0 Å². The Balaban J connectivity index is 1.06. The van der Waals surface area contributed by atoms with Crippen molar-refractivity contribution in [3.05, 3.63) is 89.4 Å². The first-order valence-electron chi connectivity index (χ1n) is 13.9. The fraction of sp³-hybridized carbons (Fsp3) is 0.290. The van der Waals surface area contributed by atoms with Gasteiger partial charge in [-0.2, -0.15) is 0 Å². The molecule has 2 N–H and O–H groups in total. The summed E-state index contributed by atoms with van der Waals surface area (Å²) in [5, 5.41) is 3.83. The molecule has 0 saturated carbocycles. The van der Waals surface area contributed by atoms with Crippen LogP contribution in [0.2, 0.25) is 0 Å². The molecule has 3 aliphatic rings. The average Bonchev–Trinajstić information content (AvgIpc) is 3.78. The highest BCUT2D eigenvalue weighted by Crippen LogP contribution is 2.36. The summed E-state index contributed by atoms with van der Waals surface area (Å²) in [6.07, 6.45) is 3.58. The highest BCUT2D eigenvalue weighted by Gasteiger charge is 2.52. The van der Waals surface area contributed by atoms with Crippen molar-refractivity contribution in [2.45, 2.75) is 31.3 Å². The third-order valence-corrected chi connectivity index (χ3v) is 8.21. The molecule has 220 valence electrons. The van der Waals surface area contributed by atoms with E-state index in [0.717, 1.165) is 22.7 Å². The highest BCUT2D eigenvalue weighted by molar-refractivity contribution is 6.01. The van der Waals surface area contributed by atoms with Gasteiger partial charge in [0.15, 0.2) is 5.79 Å². The van der Waals surface area contributed by atoms with Crippen LogP contribution in [0.5, 0.6) is 0 Å². The van der Waals surface area contributed by atoms with Gasteiger partial charge in [-0.15, -0.1) is 0 Å². The quantitative estimate of drug-likeness (QED) is 0.358. The van der Waals surface area contributed by atoms with Crippen molar-refractivity contribution in [2.75, 3.05) is 26.3 Å². The molecule has 0 radical (unpaired) electrons. The number of hydrogen-bond donors (Lipinski definition) is 2. The van der Waals surface area contributed by atoms with E-state index in [1.54, 1.807) is 30.6 Å². The van der Waals surface area contributed by atoms with Crippen LogP contribution in [0, 0.1) is 11.6 Å². The largest absolute Gasteiger partial charge is 0.357 e. The van der Waals surface area contributed by atoms with Gasteiger partial charge in [-0.3, -0.25) is 19.4 Å². The van der Waals surface area contributed by atoms with Gasteiger partial charge in [0.25, 0.3) is 5.91 Å². The second-order valence-corrected chi connectivity index (χ2v) is 11.0. The minimum Gasteiger partial charge on any atom is -0.357 e. The van der Waals surface area contributed by atoms with E-state index >= 15 is 0 Å². The molecule has 4 aromatic rings. The number of fused-ring (bicyclic) bond motifs is 2. The molecule has 10 nitrogen and oxygen atoms in total. The zero-order valence-corrected chi connectivity index (χ0v) is 22.9. The second-order valence-electron chi connectivity index (χ2n) is 11.0. The summed E-state index contributed by atoms with van der Waals surface area (Å²) in [5.74, 6) is -3.58. The Morgan fingerprint density at radius 3 is 2.67 bits per heavy atom. The number of halogens is 2. The first kappa shape index (κ1) is 27.2. The van der Waals surface area contributed by atoms with E-state index in [2.05, 4.69) is 15.3 Å². The highest BCUT2D eigenvalue weighted by atomic mass is 19.1. The number of ether oxygens (including phenoxy) is 2. The molecule has 43 heavy (non-hydrogen) atoms. The number of amides is 3. The number of rotatable bonds is 6. The summed E-state index contributed by atoms with van der Waals surface area (Å²) >= 11 is 0. The molecule has 0 aliphatic carbocycles. The molecule has 5 heterocycles. The third-order valence-electron chi connectivity index (χ3n) is 8.21. The lowest BCUT2D eigenvalue weighted by atomic mass is 10.00. The Hall–Kier alpha value is -4.68. The Kier molecular flexibility index (Phi) is 6.66. The molecular weight excluding hydrogens is 560 g/mol. The maximum atomic E-state index is 14.4. The van der Waals surface area contributed by atoms with Gasteiger partial charge in [0.05, 0.1) is 26.3 Å². The third kappa shape index (κ3) is 5.02. The summed E-state index contributed by atoms with van der Waals surface area (Å²) in [7, 11) is 0. The average molecular weight is 588 g/mol. The lowest BCUT2D eigenvalue weighted by molar-refractivity contribution is -0.152. The minimum absolute atomic E-state index is 0.0605. The van der Waals surface area contributed by atoms with Crippen molar-refractivity contribution in [1.29, 1.82) is 0 Å². The Bertz CT molecular complexity index is 1740. The van der Waals surface area contributed by atoms with Crippen molar-refractivity contribution in [1.82, 2.24) is 25.1 Å². The minimum atomic E-state index is -1.07. The number of nitrogens with zero attached hydrogens (tertiary/aromatic N) is 3. The smallest absolute Gasteiger partial charge is 0.254 e. The van der Waals surface area contributed by atoms with Gasteiger partial charge in [-0.25, -0.2) is 8.78 Å². The Morgan fingerprint density at radius 2 is 1.88 bits per heavy atom. The zero-order valence-electron chi connectivity index (χ0n) is 22.9. The molecule has 1 atom stereocenters. The first-order valence-corrected chi connectivity index (χ1v) is 13.9. The predicted octanol–water partition coefficient (Wildman–Crippen LogP) is 3.12. The van der Waals surface area contributed by atoms with Crippen LogP contribution in [0.3, 0.4) is 0 Å². The maximum absolute atomic E-state index is 14.4. The van der Waals surface area contributed by atoms with Crippen LogP contribution in [0.4, 0.5) is 8.78 Å². The molecule has 3 amide bonds. The number of carbonyl (C=O) groups is 3. The normalized spacial score (nSPS) is 19.0. The Labute approximate surface area is 244 Å². The summed E-state index contributed by atoms with van der Waals surface area (Å²) in [6, 6.07) is 11.1. The number of aromatic nitrogens is 2. The molecular formula is C31H27F2N5O5. The number of hydrogen-bond acceptors (Lipinski definition) is 6. The van der Waals surface area contributed by atoms with Gasteiger partial charge >= 0.3 is 0 Å². The summed E-state index contributed by atoms with van der Waals surface area (Å²) in [4.78, 5) is 50.4. The van der Waals surface area contributed by atoms with Gasteiger partial charge in [0.1, 0.15) is 24.2 Å². The number of pyridine rings is 1. The maximum Gasteiger partial charge on any atom is 0.254 e. The number of H-pyrrole nitrogens is 1. The molecule has 2 saturated heterocycles. The molecule has 7 rings (SSSR count). The lowest BCUT2D eigenvalue weighted by Crippen LogP contribution is -2.49. The molecule has 1 spiro atoms. The van der Waals surface area contributed by atoms with E-state index in [0.29, 0.717) is 29.9 Å². The van der Waals surface area contributed by atoms with E-state index < -0.39 is 29.4 Å². The van der Waals surface area contributed by atoms with E-state index in [-0.39, 0.29) is 50.0 Å². The van der Waals surface area contributed by atoms with Crippen LogP contribution in [0.25, 0.3) is 22.0 Å². The van der Waals surface area contributed by atoms with Crippen LogP contribution in [-0.2, 0) is 32.2 Å². The molecule has 2 aromatic carbocycles. The predicted molar refractivity (Wildman–Crippen MR) is 149 cm³/mol. The summed E-state index contributed by atoms with van der Waals surface area (Å²) in [5.41, 5.74) is 3.43. The van der Waals surface area contributed by atoms with Crippen LogP contribution in [-0.4, -0.2) is 75.6 Å². The fourth-order valence-corrected chi connectivity index (χ4v) is 6.12. The first-order chi connectivity index (χ1) is 20.8. The van der Waals surface area contributed by atoms with Gasteiger partial charge in [-0.1, -0.05) is 6.07 Å². The van der Waals surface area contributed by atoms with Crippen molar-refractivity contribution in [3.63, 3.8) is 0 Å². The number of aromatic amines is 1. The topological polar surface area (TPSA) is 117 Å². The molecule has 12 heteroatoms. The number of benzene rings is 2. The van der Waals surface area contributed by atoms with Gasteiger partial charge < -0.3 is 29.6 Å². The summed E-state index contributed by atoms with van der Waals surface area (Å²) < 4.78 is 39.5. The van der Waals surface area contributed by atoms with E-state index in [1.165, 1.54) is 21.9 Å². The van der Waals surface area contributed by atoms with Crippen molar-refractivity contribution >= 4 is 28.6 Å². The van der Waals surface area contributed by atoms with Crippen LogP contribution in [0.15, 0.2) is 60.9 Å². The van der Waals surface area contributed by atoms with E-state index in [1.807, 2.05) is 12.1 Å². The molecule has 2 aromatic heterocycles. The SMILES string of the molecule is O=C(NCc1cc2cnccc2[nH]1)[C@@H]1CC2(CN1C(=O)CN1Cc3cc(-c4ccc(F)cc4F)ccc3C1=O)OCCO2. The van der Waals surface area contributed by atoms with Crippen LogP contribution in [0.1, 0.15) is 28.0 Å². The molecule has 3 aliphatic heterocycles. The molecule has 2 fully saturated rings. The molecule has 0 bridgehead atoms. The second kappa shape index (κ2) is 10.5. The van der Waals surface area contributed by atoms with E-state index in [4.69, 9.17) is 9.47 Å².